The Hall–Kier alpha value is -3.71. The first kappa shape index (κ1) is 26.9. The van der Waals surface area contributed by atoms with Crippen LogP contribution in [0.2, 0.25) is 0 Å². The van der Waals surface area contributed by atoms with Gasteiger partial charge in [-0.05, 0) is 38.8 Å². The molecule has 0 unspecified atom stereocenters. The number of piperazine rings is 1. The van der Waals surface area contributed by atoms with Crippen LogP contribution in [0.3, 0.4) is 0 Å². The summed E-state index contributed by atoms with van der Waals surface area (Å²) in [6.07, 6.45) is 1.98. The number of piperidine rings is 1. The maximum atomic E-state index is 13.7. The molecule has 0 aliphatic carbocycles. The van der Waals surface area contributed by atoms with Gasteiger partial charge < -0.3 is 14.7 Å². The average molecular weight is 526 g/mol. The zero-order valence-corrected chi connectivity index (χ0v) is 23.1. The minimum absolute atomic E-state index is 0.0612. The first-order chi connectivity index (χ1) is 19.1. The number of nitrogens with zero attached hydrogens (tertiary/aromatic N) is 5. The van der Waals surface area contributed by atoms with E-state index in [0.29, 0.717) is 24.7 Å². The molecule has 2 aliphatic rings. The summed E-state index contributed by atoms with van der Waals surface area (Å²) in [6, 6.07) is 24.6. The first-order valence-electron chi connectivity index (χ1n) is 14.3. The van der Waals surface area contributed by atoms with Gasteiger partial charge >= 0.3 is 6.03 Å². The molecule has 2 aromatic carbocycles. The molecule has 5 rings (SSSR count). The molecule has 7 nitrogen and oxygen atoms in total. The summed E-state index contributed by atoms with van der Waals surface area (Å²) in [5.41, 5.74) is 4.30. The standard InChI is InChI=1S/C32H39N5O2/c1-3-34(4-2)32(39)37-17-15-28(16-18-37)35-19-21-36(22-20-35)31(38)27-23-29(25-11-7-5-8-12-25)33-30(24-27)26-13-9-6-10-14-26/h5-14,23-24,28H,3-4,15-22H2,1-2H3. The monoisotopic (exact) mass is 525 g/mol. The van der Waals surface area contributed by atoms with Crippen molar-refractivity contribution in [3.8, 4) is 22.5 Å². The van der Waals surface area contributed by atoms with Crippen LogP contribution in [0.1, 0.15) is 37.0 Å². The molecule has 2 fully saturated rings. The Morgan fingerprint density at radius 1 is 0.744 bits per heavy atom. The van der Waals surface area contributed by atoms with Crippen molar-refractivity contribution in [2.24, 2.45) is 0 Å². The Labute approximate surface area is 232 Å². The second-order valence-electron chi connectivity index (χ2n) is 10.4. The molecule has 0 saturated carbocycles. The number of urea groups is 1. The van der Waals surface area contributed by atoms with E-state index < -0.39 is 0 Å². The molecule has 0 radical (unpaired) electrons. The van der Waals surface area contributed by atoms with Crippen molar-refractivity contribution in [2.45, 2.75) is 32.7 Å². The maximum absolute atomic E-state index is 13.7. The largest absolute Gasteiger partial charge is 0.336 e. The fraction of sp³-hybridized carbons (Fsp3) is 0.406. The fourth-order valence-electron chi connectivity index (χ4n) is 5.76. The third-order valence-electron chi connectivity index (χ3n) is 8.10. The number of likely N-dealkylation sites (tertiary alicyclic amines) is 1. The normalized spacial score (nSPS) is 16.8. The van der Waals surface area contributed by atoms with Gasteiger partial charge in [-0.25, -0.2) is 9.78 Å². The van der Waals surface area contributed by atoms with Crippen LogP contribution < -0.4 is 0 Å². The van der Waals surface area contributed by atoms with Crippen molar-refractivity contribution in [1.82, 2.24) is 24.6 Å². The summed E-state index contributed by atoms with van der Waals surface area (Å²) in [5.74, 6) is 0.0612. The lowest BCUT2D eigenvalue weighted by Gasteiger charge is -2.43. The lowest BCUT2D eigenvalue weighted by molar-refractivity contribution is 0.0462. The van der Waals surface area contributed by atoms with Gasteiger partial charge in [-0.2, -0.15) is 0 Å². The number of benzene rings is 2. The van der Waals surface area contributed by atoms with E-state index in [4.69, 9.17) is 4.98 Å². The third-order valence-corrected chi connectivity index (χ3v) is 8.10. The van der Waals surface area contributed by atoms with Gasteiger partial charge in [0.25, 0.3) is 5.91 Å². The second-order valence-corrected chi connectivity index (χ2v) is 10.4. The Balaban J connectivity index is 1.24. The molecular weight excluding hydrogens is 486 g/mol. The molecule has 0 atom stereocenters. The van der Waals surface area contributed by atoms with E-state index in [9.17, 15) is 9.59 Å². The fourth-order valence-corrected chi connectivity index (χ4v) is 5.76. The highest BCUT2D eigenvalue weighted by Crippen LogP contribution is 2.26. The molecule has 0 N–H and O–H groups in total. The molecule has 7 heteroatoms. The quantitative estimate of drug-likeness (QED) is 0.449. The van der Waals surface area contributed by atoms with E-state index in [0.717, 1.165) is 74.6 Å². The van der Waals surface area contributed by atoms with Crippen LogP contribution in [0, 0.1) is 0 Å². The van der Waals surface area contributed by atoms with Gasteiger partial charge in [-0.3, -0.25) is 9.69 Å². The van der Waals surface area contributed by atoms with Crippen LogP contribution in [0.5, 0.6) is 0 Å². The van der Waals surface area contributed by atoms with E-state index in [1.807, 2.05) is 101 Å². The smallest absolute Gasteiger partial charge is 0.319 e. The maximum Gasteiger partial charge on any atom is 0.319 e. The Morgan fingerprint density at radius 3 is 1.74 bits per heavy atom. The Morgan fingerprint density at radius 2 is 1.26 bits per heavy atom. The summed E-state index contributed by atoms with van der Waals surface area (Å²) in [6.45, 7) is 10.3. The molecule has 3 aromatic rings. The van der Waals surface area contributed by atoms with Gasteiger partial charge in [0.15, 0.2) is 0 Å². The zero-order chi connectivity index (χ0) is 27.2. The SMILES string of the molecule is CCN(CC)C(=O)N1CCC(N2CCN(C(=O)c3cc(-c4ccccc4)nc(-c4ccccc4)c3)CC2)CC1. The average Bonchev–Trinajstić information content (AvgIpc) is 3.02. The van der Waals surface area contributed by atoms with Crippen LogP contribution in [0.4, 0.5) is 4.79 Å². The molecule has 2 aliphatic heterocycles. The molecule has 2 saturated heterocycles. The minimum Gasteiger partial charge on any atom is -0.336 e. The van der Waals surface area contributed by atoms with Gasteiger partial charge in [0.2, 0.25) is 0 Å². The van der Waals surface area contributed by atoms with Crippen molar-refractivity contribution in [2.75, 3.05) is 52.4 Å². The van der Waals surface area contributed by atoms with Crippen LogP contribution in [0.25, 0.3) is 22.5 Å². The lowest BCUT2D eigenvalue weighted by Crippen LogP contribution is -2.55. The first-order valence-corrected chi connectivity index (χ1v) is 14.3. The molecule has 3 amide bonds. The predicted molar refractivity (Wildman–Crippen MR) is 155 cm³/mol. The van der Waals surface area contributed by atoms with Gasteiger partial charge in [0, 0.05) is 75.1 Å². The molecule has 0 bridgehead atoms. The second kappa shape index (κ2) is 12.4. The lowest BCUT2D eigenvalue weighted by atomic mass is 10.0. The number of hydrogen-bond donors (Lipinski definition) is 0. The molecular formula is C32H39N5O2. The highest BCUT2D eigenvalue weighted by atomic mass is 16.2. The third kappa shape index (κ3) is 6.14. The number of pyridine rings is 1. The zero-order valence-electron chi connectivity index (χ0n) is 23.1. The summed E-state index contributed by atoms with van der Waals surface area (Å²) in [5, 5.41) is 0. The molecule has 204 valence electrons. The number of carbonyl (C=O) groups excluding carboxylic acids is 2. The van der Waals surface area contributed by atoms with Crippen molar-refractivity contribution in [1.29, 1.82) is 0 Å². The number of aromatic nitrogens is 1. The number of hydrogen-bond acceptors (Lipinski definition) is 4. The summed E-state index contributed by atoms with van der Waals surface area (Å²) in [7, 11) is 0. The number of rotatable bonds is 6. The van der Waals surface area contributed by atoms with Crippen molar-refractivity contribution in [3.63, 3.8) is 0 Å². The van der Waals surface area contributed by atoms with Gasteiger partial charge in [0.05, 0.1) is 11.4 Å². The van der Waals surface area contributed by atoms with Crippen LogP contribution >= 0.6 is 0 Å². The van der Waals surface area contributed by atoms with Crippen molar-refractivity contribution >= 4 is 11.9 Å². The Kier molecular flexibility index (Phi) is 8.57. The highest BCUT2D eigenvalue weighted by Gasteiger charge is 2.31. The van der Waals surface area contributed by atoms with E-state index in [1.165, 1.54) is 0 Å². The molecule has 39 heavy (non-hydrogen) atoms. The Bertz CT molecular complexity index is 1190. The number of amides is 3. The minimum atomic E-state index is 0.0612. The van der Waals surface area contributed by atoms with E-state index in [2.05, 4.69) is 4.90 Å². The van der Waals surface area contributed by atoms with Gasteiger partial charge in [0.1, 0.15) is 0 Å². The van der Waals surface area contributed by atoms with Crippen molar-refractivity contribution < 1.29 is 9.59 Å². The number of carbonyl (C=O) groups is 2. The summed E-state index contributed by atoms with van der Waals surface area (Å²) < 4.78 is 0. The predicted octanol–water partition coefficient (Wildman–Crippen LogP) is 5.10. The highest BCUT2D eigenvalue weighted by molar-refractivity contribution is 5.96. The van der Waals surface area contributed by atoms with Gasteiger partial charge in [-0.15, -0.1) is 0 Å². The van der Waals surface area contributed by atoms with Crippen LogP contribution in [0.15, 0.2) is 72.8 Å². The summed E-state index contributed by atoms with van der Waals surface area (Å²) >= 11 is 0. The molecule has 1 aromatic heterocycles. The van der Waals surface area contributed by atoms with Crippen LogP contribution in [-0.4, -0.2) is 94.9 Å². The molecule has 0 spiro atoms. The topological polar surface area (TPSA) is 60.0 Å². The van der Waals surface area contributed by atoms with Gasteiger partial charge in [-0.1, -0.05) is 60.7 Å². The van der Waals surface area contributed by atoms with Crippen LogP contribution in [-0.2, 0) is 0 Å². The van der Waals surface area contributed by atoms with E-state index in [1.54, 1.807) is 0 Å². The summed E-state index contributed by atoms with van der Waals surface area (Å²) in [4.78, 5) is 39.7. The van der Waals surface area contributed by atoms with Crippen molar-refractivity contribution in [3.05, 3.63) is 78.4 Å². The van der Waals surface area contributed by atoms with E-state index in [-0.39, 0.29) is 11.9 Å². The molecule has 3 heterocycles. The van der Waals surface area contributed by atoms with E-state index >= 15 is 0 Å².